The molecule has 3 heterocycles. The molecule has 0 radical (unpaired) electrons. The molecule has 0 saturated heterocycles. The van der Waals surface area contributed by atoms with Gasteiger partial charge in [0.15, 0.2) is 5.65 Å². The second-order valence-corrected chi connectivity index (χ2v) is 6.80. The van der Waals surface area contributed by atoms with Gasteiger partial charge in [0, 0.05) is 17.0 Å². The summed E-state index contributed by atoms with van der Waals surface area (Å²) in [6.07, 6.45) is 2.23. The number of thiophene rings is 1. The third-order valence-corrected chi connectivity index (χ3v) is 5.29. The van der Waals surface area contributed by atoms with Crippen LogP contribution in [-0.2, 0) is 0 Å². The summed E-state index contributed by atoms with van der Waals surface area (Å²) >= 11 is 1.67. The molecule has 3 aromatic heterocycles. The topological polar surface area (TPSA) is 39.4 Å². The molecular formula is C18H23N3OS. The highest BCUT2D eigenvalue weighted by Crippen LogP contribution is 2.35. The van der Waals surface area contributed by atoms with Crippen molar-refractivity contribution in [1.82, 2.24) is 14.6 Å². The molecule has 0 atom stereocenters. The largest absolute Gasteiger partial charge is 0.496 e. The first-order valence-corrected chi connectivity index (χ1v) is 8.96. The number of aromatic nitrogens is 3. The highest BCUT2D eigenvalue weighted by molar-refractivity contribution is 7.13. The molecule has 0 aliphatic rings. The molecule has 0 amide bonds. The number of methoxy groups -OCH3 is 1. The Hall–Kier alpha value is -1.88. The van der Waals surface area contributed by atoms with Crippen molar-refractivity contribution in [2.45, 2.75) is 46.5 Å². The van der Waals surface area contributed by atoms with Crippen molar-refractivity contribution in [3.63, 3.8) is 0 Å². The van der Waals surface area contributed by atoms with Crippen LogP contribution < -0.4 is 4.74 Å². The van der Waals surface area contributed by atoms with Gasteiger partial charge in [0.05, 0.1) is 23.4 Å². The van der Waals surface area contributed by atoms with Gasteiger partial charge < -0.3 is 4.74 Å². The van der Waals surface area contributed by atoms with Crippen LogP contribution >= 0.6 is 11.3 Å². The van der Waals surface area contributed by atoms with E-state index in [1.165, 1.54) is 5.56 Å². The van der Waals surface area contributed by atoms with Crippen LogP contribution in [0, 0.1) is 13.8 Å². The minimum atomic E-state index is 0.520. The molecule has 0 fully saturated rings. The molecule has 0 saturated carbocycles. The minimum absolute atomic E-state index is 0.520. The van der Waals surface area contributed by atoms with E-state index in [0.717, 1.165) is 46.2 Å². The van der Waals surface area contributed by atoms with Gasteiger partial charge in [0.1, 0.15) is 11.4 Å². The van der Waals surface area contributed by atoms with Crippen molar-refractivity contribution in [3.05, 3.63) is 34.5 Å². The molecule has 0 unspecified atom stereocenters. The molecule has 122 valence electrons. The van der Waals surface area contributed by atoms with E-state index >= 15 is 0 Å². The first-order chi connectivity index (χ1) is 11.1. The van der Waals surface area contributed by atoms with E-state index in [9.17, 15) is 0 Å². The fourth-order valence-corrected chi connectivity index (χ4v) is 4.08. The Morgan fingerprint density at radius 3 is 2.57 bits per heavy atom. The summed E-state index contributed by atoms with van der Waals surface area (Å²) < 4.78 is 7.34. The van der Waals surface area contributed by atoms with E-state index in [4.69, 9.17) is 14.8 Å². The zero-order chi connectivity index (χ0) is 16.6. The molecular weight excluding hydrogens is 306 g/mol. The highest BCUT2D eigenvalue weighted by atomic mass is 32.1. The average Bonchev–Trinajstić information content (AvgIpc) is 3.11. The summed E-state index contributed by atoms with van der Waals surface area (Å²) in [5, 5.41) is 6.76. The van der Waals surface area contributed by atoms with Crippen LogP contribution in [0.3, 0.4) is 0 Å². The Balaban J connectivity index is 2.26. The quantitative estimate of drug-likeness (QED) is 0.662. The van der Waals surface area contributed by atoms with Crippen LogP contribution in [0.5, 0.6) is 5.75 Å². The molecule has 4 nitrogen and oxygen atoms in total. The number of ether oxygens (including phenoxy) is 1. The van der Waals surface area contributed by atoms with Crippen molar-refractivity contribution >= 4 is 17.0 Å². The van der Waals surface area contributed by atoms with Crippen molar-refractivity contribution in [2.24, 2.45) is 0 Å². The molecule has 3 rings (SSSR count). The van der Waals surface area contributed by atoms with E-state index in [1.807, 2.05) is 9.90 Å². The second-order valence-electron chi connectivity index (χ2n) is 5.89. The molecule has 0 aromatic carbocycles. The highest BCUT2D eigenvalue weighted by Gasteiger charge is 2.20. The normalized spacial score (nSPS) is 11.6. The van der Waals surface area contributed by atoms with Gasteiger partial charge in [-0.1, -0.05) is 13.8 Å². The van der Waals surface area contributed by atoms with Crippen molar-refractivity contribution < 1.29 is 4.74 Å². The smallest absolute Gasteiger partial charge is 0.158 e. The number of fused-ring (bicyclic) bond motifs is 1. The van der Waals surface area contributed by atoms with Gasteiger partial charge >= 0.3 is 0 Å². The fourth-order valence-electron chi connectivity index (χ4n) is 3.14. The number of hydrogen-bond acceptors (Lipinski definition) is 4. The monoisotopic (exact) mass is 329 g/mol. The maximum Gasteiger partial charge on any atom is 0.158 e. The Morgan fingerprint density at radius 1 is 1.22 bits per heavy atom. The summed E-state index contributed by atoms with van der Waals surface area (Å²) in [5.41, 5.74) is 5.41. The van der Waals surface area contributed by atoms with Gasteiger partial charge in [-0.25, -0.2) is 9.50 Å². The lowest BCUT2D eigenvalue weighted by atomic mass is 9.95. The van der Waals surface area contributed by atoms with E-state index < -0.39 is 0 Å². The summed E-state index contributed by atoms with van der Waals surface area (Å²) in [6.45, 7) is 8.59. The van der Waals surface area contributed by atoms with Crippen molar-refractivity contribution in [1.29, 1.82) is 0 Å². The molecule has 3 aromatic rings. The van der Waals surface area contributed by atoms with Gasteiger partial charge in [-0.05, 0) is 38.7 Å². The Kier molecular flexibility index (Phi) is 4.39. The van der Waals surface area contributed by atoms with Crippen LogP contribution in [0.1, 0.15) is 49.6 Å². The van der Waals surface area contributed by atoms with Gasteiger partial charge in [-0.3, -0.25) is 0 Å². The lowest BCUT2D eigenvalue weighted by Crippen LogP contribution is -2.04. The third kappa shape index (κ3) is 2.74. The zero-order valence-electron chi connectivity index (χ0n) is 14.4. The van der Waals surface area contributed by atoms with Gasteiger partial charge in [-0.15, -0.1) is 11.3 Å². The number of rotatable bonds is 5. The third-order valence-electron chi connectivity index (χ3n) is 4.38. The van der Waals surface area contributed by atoms with Crippen molar-refractivity contribution in [2.75, 3.05) is 7.11 Å². The number of hydrogen-bond donors (Lipinski definition) is 0. The van der Waals surface area contributed by atoms with Crippen LogP contribution in [0.2, 0.25) is 0 Å². The molecule has 0 aliphatic heterocycles. The standard InChI is InChI=1S/C18H23N3OS/c1-6-13(7-2)15-8-11(3)20-21-17(12(4)19-18(15)21)16-9-14(22-5)10-23-16/h8-10,13H,6-7H2,1-5H3. The number of aryl methyl sites for hydroxylation is 2. The Bertz CT molecular complexity index is 830. The summed E-state index contributed by atoms with van der Waals surface area (Å²) in [4.78, 5) is 5.99. The fraction of sp³-hybridized carbons (Fsp3) is 0.444. The minimum Gasteiger partial charge on any atom is -0.496 e. The maximum absolute atomic E-state index is 5.33. The van der Waals surface area contributed by atoms with Crippen LogP contribution in [-0.4, -0.2) is 21.7 Å². The number of imidazole rings is 1. The van der Waals surface area contributed by atoms with E-state index in [-0.39, 0.29) is 0 Å². The van der Waals surface area contributed by atoms with Crippen molar-refractivity contribution in [3.8, 4) is 16.3 Å². The maximum atomic E-state index is 5.33. The molecule has 23 heavy (non-hydrogen) atoms. The van der Waals surface area contributed by atoms with E-state index in [1.54, 1.807) is 18.4 Å². The Labute approximate surface area is 141 Å². The molecule has 0 aliphatic carbocycles. The summed E-state index contributed by atoms with van der Waals surface area (Å²) in [6, 6.07) is 4.25. The van der Waals surface area contributed by atoms with Crippen LogP contribution in [0.25, 0.3) is 16.2 Å². The van der Waals surface area contributed by atoms with Gasteiger partial charge in [0.25, 0.3) is 0 Å². The zero-order valence-corrected chi connectivity index (χ0v) is 15.2. The summed E-state index contributed by atoms with van der Waals surface area (Å²) in [5.74, 6) is 1.40. The second kappa shape index (κ2) is 6.32. The first-order valence-electron chi connectivity index (χ1n) is 8.08. The molecule has 5 heteroatoms. The average molecular weight is 329 g/mol. The van der Waals surface area contributed by atoms with Gasteiger partial charge in [-0.2, -0.15) is 5.10 Å². The van der Waals surface area contributed by atoms with Gasteiger partial charge in [0.2, 0.25) is 0 Å². The summed E-state index contributed by atoms with van der Waals surface area (Å²) in [7, 11) is 1.70. The van der Waals surface area contributed by atoms with Crippen LogP contribution in [0.4, 0.5) is 0 Å². The predicted molar refractivity (Wildman–Crippen MR) is 95.6 cm³/mol. The first kappa shape index (κ1) is 16.0. The van der Waals surface area contributed by atoms with E-state index in [2.05, 4.69) is 39.8 Å². The SMILES string of the molecule is CCC(CC)c1cc(C)nn2c(-c3cc(OC)cs3)c(C)nc12. The molecule has 0 N–H and O–H groups in total. The van der Waals surface area contributed by atoms with Crippen LogP contribution in [0.15, 0.2) is 17.5 Å². The predicted octanol–water partition coefficient (Wildman–Crippen LogP) is 4.99. The lowest BCUT2D eigenvalue weighted by molar-refractivity contribution is 0.417. The van der Waals surface area contributed by atoms with E-state index in [0.29, 0.717) is 5.92 Å². The lowest BCUT2D eigenvalue weighted by Gasteiger charge is -2.14. The molecule has 0 spiro atoms. The molecule has 0 bridgehead atoms. The Morgan fingerprint density at radius 2 is 1.96 bits per heavy atom. The number of nitrogens with zero attached hydrogens (tertiary/aromatic N) is 3.